The van der Waals surface area contributed by atoms with E-state index >= 15 is 0 Å². The van der Waals surface area contributed by atoms with Crippen LogP contribution in [0.25, 0.3) is 0 Å². The molecule has 0 radical (unpaired) electrons. The summed E-state index contributed by atoms with van der Waals surface area (Å²) in [6.07, 6.45) is 20.9. The molecule has 4 aliphatic carbocycles. The Kier molecular flexibility index (Phi) is 7.39. The summed E-state index contributed by atoms with van der Waals surface area (Å²) >= 11 is 7.21. The third-order valence-corrected chi connectivity index (χ3v) is 11.0. The number of hydrogen-bond donors (Lipinski definition) is 0. The zero-order valence-corrected chi connectivity index (χ0v) is 19.8. The van der Waals surface area contributed by atoms with Gasteiger partial charge in [-0.15, -0.1) is 11.6 Å². The van der Waals surface area contributed by atoms with Gasteiger partial charge in [0.05, 0.1) is 0 Å². The van der Waals surface area contributed by atoms with Crippen LogP contribution in [0.1, 0.15) is 111 Å². The maximum atomic E-state index is 7.21. The van der Waals surface area contributed by atoms with Crippen LogP contribution in [0.15, 0.2) is 0 Å². The van der Waals surface area contributed by atoms with Gasteiger partial charge in [-0.05, 0) is 117 Å². The van der Waals surface area contributed by atoms with Gasteiger partial charge >= 0.3 is 0 Å². The first-order valence-electron chi connectivity index (χ1n) is 13.2. The molecule has 162 valence electrons. The van der Waals surface area contributed by atoms with Crippen LogP contribution in [-0.4, -0.2) is 5.38 Å². The lowest BCUT2D eigenvalue weighted by molar-refractivity contribution is 0.0596. The van der Waals surface area contributed by atoms with E-state index in [1.165, 1.54) is 89.9 Å². The van der Waals surface area contributed by atoms with Crippen LogP contribution in [-0.2, 0) is 0 Å². The standard InChI is InChI=1S/C27H47Cl/c1-18-4-8-21(9-5-18)22-12-14-24(15-13-22)26-17-16-25(20(3)27(26)28)23-10-6-19(2)7-11-23/h18-27H,4-17H2,1-3H3. The summed E-state index contributed by atoms with van der Waals surface area (Å²) < 4.78 is 0. The third-order valence-electron chi connectivity index (χ3n) is 10.2. The van der Waals surface area contributed by atoms with Crippen molar-refractivity contribution < 1.29 is 0 Å². The predicted molar refractivity (Wildman–Crippen MR) is 123 cm³/mol. The van der Waals surface area contributed by atoms with Gasteiger partial charge in [-0.2, -0.15) is 0 Å². The van der Waals surface area contributed by atoms with Crippen molar-refractivity contribution in [3.8, 4) is 0 Å². The summed E-state index contributed by atoms with van der Waals surface area (Å²) in [5.41, 5.74) is 0. The van der Waals surface area contributed by atoms with Crippen LogP contribution >= 0.6 is 11.6 Å². The molecule has 0 bridgehead atoms. The Morgan fingerprint density at radius 3 is 1.32 bits per heavy atom. The Morgan fingerprint density at radius 1 is 0.429 bits per heavy atom. The van der Waals surface area contributed by atoms with E-state index in [-0.39, 0.29) is 0 Å². The largest absolute Gasteiger partial charge is 0.122 e. The molecule has 0 saturated heterocycles. The van der Waals surface area contributed by atoms with E-state index in [0.29, 0.717) is 5.38 Å². The molecule has 1 heteroatoms. The zero-order chi connectivity index (χ0) is 19.7. The van der Waals surface area contributed by atoms with Crippen LogP contribution in [0.5, 0.6) is 0 Å². The Hall–Kier alpha value is 0.290. The van der Waals surface area contributed by atoms with E-state index in [1.54, 1.807) is 0 Å². The van der Waals surface area contributed by atoms with E-state index in [4.69, 9.17) is 11.6 Å². The Bertz CT molecular complexity index is 463. The van der Waals surface area contributed by atoms with E-state index in [9.17, 15) is 0 Å². The molecule has 0 aromatic rings. The fourth-order valence-corrected chi connectivity index (χ4v) is 8.63. The van der Waals surface area contributed by atoms with Crippen LogP contribution in [0.3, 0.4) is 0 Å². The second-order valence-corrected chi connectivity index (χ2v) is 12.4. The van der Waals surface area contributed by atoms with Crippen molar-refractivity contribution in [2.45, 2.75) is 116 Å². The van der Waals surface area contributed by atoms with Crippen molar-refractivity contribution in [1.29, 1.82) is 0 Å². The molecule has 0 heterocycles. The number of alkyl halides is 1. The zero-order valence-electron chi connectivity index (χ0n) is 19.1. The fourth-order valence-electron chi connectivity index (χ4n) is 8.11. The second-order valence-electron chi connectivity index (χ2n) is 11.9. The minimum atomic E-state index is 0.454. The number of halogens is 1. The lowest BCUT2D eigenvalue weighted by Crippen LogP contribution is -2.42. The number of hydrogen-bond acceptors (Lipinski definition) is 0. The molecule has 0 nitrogen and oxygen atoms in total. The van der Waals surface area contributed by atoms with Gasteiger partial charge < -0.3 is 0 Å². The van der Waals surface area contributed by atoms with Crippen molar-refractivity contribution in [2.75, 3.05) is 0 Å². The molecule has 4 fully saturated rings. The average molecular weight is 407 g/mol. The second kappa shape index (κ2) is 9.62. The highest BCUT2D eigenvalue weighted by Crippen LogP contribution is 2.51. The molecule has 4 saturated carbocycles. The first-order valence-corrected chi connectivity index (χ1v) is 13.6. The van der Waals surface area contributed by atoms with E-state index < -0.39 is 0 Å². The van der Waals surface area contributed by atoms with Gasteiger partial charge in [0.2, 0.25) is 0 Å². The molecular weight excluding hydrogens is 360 g/mol. The summed E-state index contributed by atoms with van der Waals surface area (Å²) in [5.74, 6) is 8.49. The smallest absolute Gasteiger partial charge is 0.0395 e. The molecule has 4 unspecified atom stereocenters. The topological polar surface area (TPSA) is 0 Å². The summed E-state index contributed by atoms with van der Waals surface area (Å²) in [4.78, 5) is 0. The molecule has 0 amide bonds. The van der Waals surface area contributed by atoms with Gasteiger partial charge in [0, 0.05) is 5.38 Å². The van der Waals surface area contributed by atoms with Crippen LogP contribution in [0.2, 0.25) is 0 Å². The molecule has 28 heavy (non-hydrogen) atoms. The Morgan fingerprint density at radius 2 is 0.786 bits per heavy atom. The van der Waals surface area contributed by atoms with Gasteiger partial charge in [-0.3, -0.25) is 0 Å². The van der Waals surface area contributed by atoms with Crippen molar-refractivity contribution in [2.24, 2.45) is 53.3 Å². The van der Waals surface area contributed by atoms with Crippen molar-refractivity contribution in [3.05, 3.63) is 0 Å². The van der Waals surface area contributed by atoms with Gasteiger partial charge in [-0.1, -0.05) is 46.5 Å². The third kappa shape index (κ3) is 4.78. The lowest BCUT2D eigenvalue weighted by atomic mass is 9.60. The summed E-state index contributed by atoms with van der Waals surface area (Å²) in [7, 11) is 0. The predicted octanol–water partition coefficient (Wildman–Crippen LogP) is 8.72. The van der Waals surface area contributed by atoms with Crippen LogP contribution < -0.4 is 0 Å². The highest BCUT2D eigenvalue weighted by atomic mass is 35.5. The fraction of sp³-hybridized carbons (Fsp3) is 1.00. The average Bonchev–Trinajstić information content (AvgIpc) is 2.72. The van der Waals surface area contributed by atoms with E-state index in [1.807, 2.05) is 0 Å². The normalized spacial score (nSPS) is 51.0. The maximum Gasteiger partial charge on any atom is 0.0395 e. The SMILES string of the molecule is CC1CCC(C2CCC(C3CCC(C4CCC(C)CC4)C(C)C3Cl)CC2)CC1. The Balaban J connectivity index is 1.27. The van der Waals surface area contributed by atoms with E-state index in [2.05, 4.69) is 20.8 Å². The van der Waals surface area contributed by atoms with Gasteiger partial charge in [-0.25, -0.2) is 0 Å². The highest BCUT2D eigenvalue weighted by Gasteiger charge is 2.43. The summed E-state index contributed by atoms with van der Waals surface area (Å²) in [6.45, 7) is 7.42. The summed E-state index contributed by atoms with van der Waals surface area (Å²) in [6, 6.07) is 0. The van der Waals surface area contributed by atoms with Crippen molar-refractivity contribution in [1.82, 2.24) is 0 Å². The molecule has 0 aliphatic heterocycles. The molecule has 4 aliphatic rings. The molecule has 0 aromatic heterocycles. The molecule has 4 rings (SSSR count). The maximum absolute atomic E-state index is 7.21. The highest BCUT2D eigenvalue weighted by molar-refractivity contribution is 6.21. The molecule has 0 N–H and O–H groups in total. The van der Waals surface area contributed by atoms with Crippen LogP contribution in [0, 0.1) is 53.3 Å². The van der Waals surface area contributed by atoms with Crippen molar-refractivity contribution >= 4 is 11.6 Å². The van der Waals surface area contributed by atoms with Crippen molar-refractivity contribution in [3.63, 3.8) is 0 Å². The van der Waals surface area contributed by atoms with Gasteiger partial charge in [0.1, 0.15) is 0 Å². The van der Waals surface area contributed by atoms with Gasteiger partial charge in [0.25, 0.3) is 0 Å². The Labute approximate surface area is 181 Å². The lowest BCUT2D eigenvalue weighted by Gasteiger charge is -2.48. The van der Waals surface area contributed by atoms with E-state index in [0.717, 1.165) is 53.3 Å². The van der Waals surface area contributed by atoms with Crippen LogP contribution in [0.4, 0.5) is 0 Å². The first-order chi connectivity index (χ1) is 13.5. The minimum absolute atomic E-state index is 0.454. The number of rotatable bonds is 3. The molecule has 0 aromatic carbocycles. The molecule has 0 spiro atoms. The molecule has 4 atom stereocenters. The monoisotopic (exact) mass is 406 g/mol. The quantitative estimate of drug-likeness (QED) is 0.411. The first kappa shape index (κ1) is 21.5. The molecular formula is C27H47Cl. The summed E-state index contributed by atoms with van der Waals surface area (Å²) in [5, 5.41) is 0.454. The van der Waals surface area contributed by atoms with Gasteiger partial charge in [0.15, 0.2) is 0 Å². The minimum Gasteiger partial charge on any atom is -0.122 e.